The predicted octanol–water partition coefficient (Wildman–Crippen LogP) is 6.65. The lowest BCUT2D eigenvalue weighted by Gasteiger charge is -2.21. The highest BCUT2D eigenvalue weighted by molar-refractivity contribution is 8.16. The smallest absolute Gasteiger partial charge is 0.332 e. The lowest BCUT2D eigenvalue weighted by molar-refractivity contribution is -0.142. The lowest BCUT2D eigenvalue weighted by atomic mass is 9.92. The maximum Gasteiger partial charge on any atom is 0.332 e. The zero-order valence-electron chi connectivity index (χ0n) is 18.5. The average molecular weight is 490 g/mol. The molecule has 1 heterocycles. The fourth-order valence-electron chi connectivity index (χ4n) is 4.52. The third-order valence-electron chi connectivity index (χ3n) is 6.19. The van der Waals surface area contributed by atoms with E-state index >= 15 is 0 Å². The third kappa shape index (κ3) is 4.84. The second kappa shape index (κ2) is 9.80. The number of hydrogen-bond donors (Lipinski definition) is 1. The van der Waals surface area contributed by atoms with Crippen molar-refractivity contribution in [3.05, 3.63) is 113 Å². The van der Waals surface area contributed by atoms with Gasteiger partial charge in [0.2, 0.25) is 0 Å². The molecule has 172 valence electrons. The molecule has 1 unspecified atom stereocenters. The van der Waals surface area contributed by atoms with Crippen molar-refractivity contribution < 1.29 is 14.3 Å². The molecule has 1 atom stereocenters. The summed E-state index contributed by atoms with van der Waals surface area (Å²) >= 11 is 3.31. The van der Waals surface area contributed by atoms with Gasteiger partial charge < -0.3 is 5.11 Å². The summed E-state index contributed by atoms with van der Waals surface area (Å²) in [6.45, 7) is 0. The maximum absolute atomic E-state index is 13.6. The van der Waals surface area contributed by atoms with Crippen LogP contribution in [0.4, 0.5) is 4.39 Å². The Labute approximate surface area is 207 Å². The number of fused-ring (bicyclic) bond motifs is 1. The second-order valence-electron chi connectivity index (χ2n) is 8.64. The number of carboxylic acid groups (broad SMARTS) is 1. The largest absolute Gasteiger partial charge is 0.479 e. The molecule has 0 saturated carbocycles. The van der Waals surface area contributed by atoms with Crippen molar-refractivity contribution in [3.63, 3.8) is 0 Å². The number of thioether (sulfide) groups is 2. The molecular formula is C28H24FNO2S2. The van der Waals surface area contributed by atoms with E-state index in [4.69, 9.17) is 4.99 Å². The number of rotatable bonds is 8. The summed E-state index contributed by atoms with van der Waals surface area (Å²) in [6.07, 6.45) is 2.92. The van der Waals surface area contributed by atoms with Crippen LogP contribution in [0, 0.1) is 5.82 Å². The molecule has 1 aliphatic carbocycles. The molecule has 0 aromatic heterocycles. The first-order valence-corrected chi connectivity index (χ1v) is 13.2. The van der Waals surface area contributed by atoms with Crippen LogP contribution in [0.2, 0.25) is 0 Å². The molecule has 5 rings (SSSR count). The molecule has 1 N–H and O–H groups in total. The summed E-state index contributed by atoms with van der Waals surface area (Å²) in [4.78, 5) is 17.1. The number of nitrogens with zero attached hydrogens (tertiary/aromatic N) is 1. The number of carboxylic acids is 1. The van der Waals surface area contributed by atoms with Gasteiger partial charge in [-0.05, 0) is 40.8 Å². The Hall–Kier alpha value is -2.83. The summed E-state index contributed by atoms with van der Waals surface area (Å²) in [7, 11) is 0. The number of halogens is 1. The van der Waals surface area contributed by atoms with Crippen LogP contribution >= 0.6 is 23.5 Å². The number of aliphatic imine (C=N–C) groups is 1. The predicted molar refractivity (Wildman–Crippen MR) is 140 cm³/mol. The quantitative estimate of drug-likeness (QED) is 0.385. The molecule has 0 fully saturated rings. The van der Waals surface area contributed by atoms with Gasteiger partial charge in [0.15, 0.2) is 5.54 Å². The first-order valence-electron chi connectivity index (χ1n) is 11.2. The van der Waals surface area contributed by atoms with Gasteiger partial charge >= 0.3 is 5.97 Å². The fourth-order valence-corrected chi connectivity index (χ4v) is 7.07. The summed E-state index contributed by atoms with van der Waals surface area (Å²) in [5.74, 6) is -0.0903. The monoisotopic (exact) mass is 489 g/mol. The number of hydrogen-bond acceptors (Lipinski definition) is 4. The third-order valence-corrected chi connectivity index (χ3v) is 8.89. The van der Waals surface area contributed by atoms with Gasteiger partial charge in [-0.25, -0.2) is 9.18 Å². The van der Waals surface area contributed by atoms with Crippen molar-refractivity contribution in [3.8, 4) is 0 Å². The summed E-state index contributed by atoms with van der Waals surface area (Å²) in [5.41, 5.74) is 4.14. The van der Waals surface area contributed by atoms with E-state index in [0.29, 0.717) is 24.3 Å². The molecule has 0 amide bonds. The van der Waals surface area contributed by atoms with Gasteiger partial charge in [-0.15, -0.1) is 23.5 Å². The Balaban J connectivity index is 1.33. The SMILES string of the molecule is O=C(O)C1(CC2=Cc3ccc(F)cc3C2)CSC(CSC(c2ccccc2)c2ccccc2)=N1. The van der Waals surface area contributed by atoms with E-state index in [9.17, 15) is 14.3 Å². The molecule has 1 aliphatic heterocycles. The summed E-state index contributed by atoms with van der Waals surface area (Å²) in [6, 6.07) is 25.5. The zero-order valence-corrected chi connectivity index (χ0v) is 20.1. The lowest BCUT2D eigenvalue weighted by Crippen LogP contribution is -2.37. The molecule has 34 heavy (non-hydrogen) atoms. The molecule has 0 bridgehead atoms. The van der Waals surface area contributed by atoms with E-state index in [-0.39, 0.29) is 11.1 Å². The minimum Gasteiger partial charge on any atom is -0.479 e. The molecular weight excluding hydrogens is 465 g/mol. The van der Waals surface area contributed by atoms with Crippen LogP contribution < -0.4 is 0 Å². The standard InChI is InChI=1S/C28H24FNO2S2/c29-24-12-11-22-13-19(14-23(22)15-24)16-28(27(31)32)18-34-25(30-28)17-33-26(20-7-3-1-4-8-20)21-9-5-2-6-10-21/h1-13,15,26H,14,16-18H2,(H,31,32). The van der Waals surface area contributed by atoms with Crippen LogP contribution in [0.15, 0.2) is 89.4 Å². The number of carbonyl (C=O) groups is 1. The van der Waals surface area contributed by atoms with Crippen molar-refractivity contribution >= 4 is 40.6 Å². The Morgan fingerprint density at radius 2 is 1.74 bits per heavy atom. The Kier molecular flexibility index (Phi) is 6.61. The molecule has 3 nitrogen and oxygen atoms in total. The molecule has 0 saturated heterocycles. The topological polar surface area (TPSA) is 49.7 Å². The van der Waals surface area contributed by atoms with Gasteiger partial charge in [-0.2, -0.15) is 0 Å². The van der Waals surface area contributed by atoms with E-state index < -0.39 is 11.5 Å². The normalized spacial score (nSPS) is 19.1. The Morgan fingerprint density at radius 1 is 1.06 bits per heavy atom. The van der Waals surface area contributed by atoms with E-state index in [2.05, 4.69) is 24.3 Å². The zero-order chi connectivity index (χ0) is 23.5. The summed E-state index contributed by atoms with van der Waals surface area (Å²) in [5, 5.41) is 11.1. The van der Waals surface area contributed by atoms with Gasteiger partial charge in [0.1, 0.15) is 5.82 Å². The van der Waals surface area contributed by atoms with Gasteiger partial charge in [0.25, 0.3) is 0 Å². The fraction of sp³-hybridized carbons (Fsp3) is 0.214. The highest BCUT2D eigenvalue weighted by Crippen LogP contribution is 2.41. The second-order valence-corrected chi connectivity index (χ2v) is 10.8. The van der Waals surface area contributed by atoms with Crippen molar-refractivity contribution in [2.24, 2.45) is 4.99 Å². The molecule has 0 spiro atoms. The van der Waals surface area contributed by atoms with Gasteiger partial charge in [0, 0.05) is 17.9 Å². The first kappa shape index (κ1) is 22.9. The van der Waals surface area contributed by atoms with Gasteiger partial charge in [-0.1, -0.05) is 78.4 Å². The highest BCUT2D eigenvalue weighted by Gasteiger charge is 2.44. The van der Waals surface area contributed by atoms with E-state index in [0.717, 1.165) is 21.7 Å². The highest BCUT2D eigenvalue weighted by atomic mass is 32.2. The maximum atomic E-state index is 13.6. The van der Waals surface area contributed by atoms with Crippen LogP contribution in [0.5, 0.6) is 0 Å². The van der Waals surface area contributed by atoms with Crippen LogP contribution in [0.3, 0.4) is 0 Å². The molecule has 0 radical (unpaired) electrons. The van der Waals surface area contributed by atoms with Crippen LogP contribution in [-0.4, -0.2) is 33.2 Å². The number of benzene rings is 3. The molecule has 3 aromatic rings. The van der Waals surface area contributed by atoms with E-state index in [1.807, 2.05) is 42.5 Å². The Morgan fingerprint density at radius 3 is 2.38 bits per heavy atom. The average Bonchev–Trinajstić information content (AvgIpc) is 3.44. The van der Waals surface area contributed by atoms with Gasteiger partial charge in [0.05, 0.1) is 10.3 Å². The Bertz CT molecular complexity index is 1220. The summed E-state index contributed by atoms with van der Waals surface area (Å²) < 4.78 is 13.6. The number of aliphatic carboxylic acids is 1. The van der Waals surface area contributed by atoms with Crippen molar-refractivity contribution in [1.82, 2.24) is 0 Å². The van der Waals surface area contributed by atoms with Crippen molar-refractivity contribution in [2.45, 2.75) is 23.6 Å². The molecule has 2 aliphatic rings. The van der Waals surface area contributed by atoms with E-state index in [1.165, 1.54) is 23.3 Å². The molecule has 3 aromatic carbocycles. The van der Waals surface area contributed by atoms with Gasteiger partial charge in [-0.3, -0.25) is 4.99 Å². The van der Waals surface area contributed by atoms with Crippen LogP contribution in [0.25, 0.3) is 6.08 Å². The van der Waals surface area contributed by atoms with Crippen LogP contribution in [-0.2, 0) is 11.2 Å². The molecule has 6 heteroatoms. The van der Waals surface area contributed by atoms with Crippen molar-refractivity contribution in [2.75, 3.05) is 11.5 Å². The van der Waals surface area contributed by atoms with Crippen LogP contribution in [0.1, 0.15) is 33.9 Å². The minimum absolute atomic E-state index is 0.146. The van der Waals surface area contributed by atoms with E-state index in [1.54, 1.807) is 29.6 Å². The minimum atomic E-state index is -1.16. The first-order chi connectivity index (χ1) is 16.5. The van der Waals surface area contributed by atoms with Crippen molar-refractivity contribution in [1.29, 1.82) is 0 Å².